The van der Waals surface area contributed by atoms with Crippen molar-refractivity contribution < 1.29 is 14.3 Å². The number of carbonyl (C=O) groups excluding carboxylic acids is 1. The van der Waals surface area contributed by atoms with E-state index < -0.39 is 0 Å². The summed E-state index contributed by atoms with van der Waals surface area (Å²) in [5.74, 6) is 1.76. The molecule has 0 aromatic heterocycles. The Bertz CT molecular complexity index is 590. The van der Waals surface area contributed by atoms with Crippen LogP contribution in [0.2, 0.25) is 0 Å². The van der Waals surface area contributed by atoms with Crippen LogP contribution >= 0.6 is 0 Å². The second kappa shape index (κ2) is 6.04. The number of benzene rings is 1. The van der Waals surface area contributed by atoms with Crippen molar-refractivity contribution in [1.29, 1.82) is 0 Å². The predicted molar refractivity (Wildman–Crippen MR) is 86.6 cm³/mol. The van der Waals surface area contributed by atoms with Crippen LogP contribution in [0.1, 0.15) is 31.2 Å². The van der Waals surface area contributed by atoms with Crippen LogP contribution in [0.4, 0.5) is 0 Å². The lowest BCUT2D eigenvalue weighted by Crippen LogP contribution is -2.50. The zero-order valence-corrected chi connectivity index (χ0v) is 13.5. The van der Waals surface area contributed by atoms with E-state index in [1.807, 2.05) is 18.2 Å². The lowest BCUT2D eigenvalue weighted by molar-refractivity contribution is -0.134. The first-order chi connectivity index (χ1) is 11.2. The molecule has 3 aliphatic heterocycles. The molecule has 1 aromatic rings. The van der Waals surface area contributed by atoms with Crippen LogP contribution in [-0.4, -0.2) is 43.8 Å². The largest absolute Gasteiger partial charge is 0.454 e. The molecule has 0 atom stereocenters. The number of likely N-dealkylation sites (tertiary alicyclic amines) is 1. The summed E-state index contributed by atoms with van der Waals surface area (Å²) in [6.07, 6.45) is 5.24. The van der Waals surface area contributed by atoms with Crippen LogP contribution in [-0.2, 0) is 11.2 Å². The van der Waals surface area contributed by atoms with E-state index in [1.54, 1.807) is 0 Å². The third kappa shape index (κ3) is 3.02. The van der Waals surface area contributed by atoms with Gasteiger partial charge in [-0.05, 0) is 61.9 Å². The monoisotopic (exact) mass is 316 g/mol. The quantitative estimate of drug-likeness (QED) is 0.906. The van der Waals surface area contributed by atoms with Crippen molar-refractivity contribution in [3.8, 4) is 11.5 Å². The topological polar surface area (TPSA) is 50.8 Å². The fourth-order valence-electron chi connectivity index (χ4n) is 4.12. The summed E-state index contributed by atoms with van der Waals surface area (Å²) >= 11 is 0. The standard InChI is InChI=1S/C18H24N2O3/c21-17(11-14-2-3-15-16(10-14)23-13-22-15)20-9-1-4-18(12-20)5-7-19-8-6-18/h2-3,10,19H,1,4-9,11-13H2. The minimum Gasteiger partial charge on any atom is -0.454 e. The molecule has 1 aromatic carbocycles. The summed E-state index contributed by atoms with van der Waals surface area (Å²) < 4.78 is 10.7. The van der Waals surface area contributed by atoms with Gasteiger partial charge in [-0.2, -0.15) is 0 Å². The molecule has 5 nitrogen and oxygen atoms in total. The fourth-order valence-corrected chi connectivity index (χ4v) is 4.12. The summed E-state index contributed by atoms with van der Waals surface area (Å²) in [5, 5.41) is 3.43. The van der Waals surface area contributed by atoms with Crippen molar-refractivity contribution in [3.63, 3.8) is 0 Å². The minimum atomic E-state index is 0.237. The molecular formula is C18H24N2O3. The molecule has 0 saturated carbocycles. The number of hydrogen-bond acceptors (Lipinski definition) is 4. The zero-order chi connectivity index (χ0) is 15.7. The number of fused-ring (bicyclic) bond motifs is 1. The summed E-state index contributed by atoms with van der Waals surface area (Å²) in [6, 6.07) is 5.80. The molecule has 0 bridgehead atoms. The number of nitrogens with zero attached hydrogens (tertiary/aromatic N) is 1. The van der Waals surface area contributed by atoms with Gasteiger partial charge in [0, 0.05) is 13.1 Å². The predicted octanol–water partition coefficient (Wildman–Crippen LogP) is 1.95. The molecule has 1 amide bonds. The molecule has 5 heteroatoms. The van der Waals surface area contributed by atoms with Crippen LogP contribution in [0.25, 0.3) is 0 Å². The third-order valence-electron chi connectivity index (χ3n) is 5.47. The molecule has 3 heterocycles. The Morgan fingerprint density at radius 3 is 2.87 bits per heavy atom. The summed E-state index contributed by atoms with van der Waals surface area (Å²) in [6.45, 7) is 4.28. The maximum Gasteiger partial charge on any atom is 0.231 e. The number of hydrogen-bond donors (Lipinski definition) is 1. The first kappa shape index (κ1) is 14.8. The van der Waals surface area contributed by atoms with Crippen molar-refractivity contribution in [2.75, 3.05) is 33.0 Å². The van der Waals surface area contributed by atoms with Gasteiger partial charge in [0.15, 0.2) is 11.5 Å². The van der Waals surface area contributed by atoms with Gasteiger partial charge in [-0.1, -0.05) is 6.07 Å². The Morgan fingerprint density at radius 2 is 2.00 bits per heavy atom. The highest BCUT2D eigenvalue weighted by molar-refractivity contribution is 5.79. The van der Waals surface area contributed by atoms with Crippen molar-refractivity contribution in [2.24, 2.45) is 5.41 Å². The second-order valence-electron chi connectivity index (χ2n) is 7.03. The van der Waals surface area contributed by atoms with Gasteiger partial charge in [-0.25, -0.2) is 0 Å². The Labute approximate surface area is 136 Å². The zero-order valence-electron chi connectivity index (χ0n) is 13.5. The number of ether oxygens (including phenoxy) is 2. The van der Waals surface area contributed by atoms with Gasteiger partial charge < -0.3 is 19.7 Å². The lowest BCUT2D eigenvalue weighted by Gasteiger charge is -2.45. The molecular weight excluding hydrogens is 292 g/mol. The summed E-state index contributed by atoms with van der Waals surface area (Å²) in [7, 11) is 0. The molecule has 0 radical (unpaired) electrons. The molecule has 4 rings (SSSR count). The number of piperidine rings is 2. The molecule has 1 spiro atoms. The normalized spacial score (nSPS) is 22.3. The molecule has 3 aliphatic rings. The average Bonchev–Trinajstić information content (AvgIpc) is 3.03. The molecule has 124 valence electrons. The van der Waals surface area contributed by atoms with Crippen LogP contribution in [0.3, 0.4) is 0 Å². The summed E-state index contributed by atoms with van der Waals surface area (Å²) in [5.41, 5.74) is 1.36. The highest BCUT2D eigenvalue weighted by Gasteiger charge is 2.37. The minimum absolute atomic E-state index is 0.237. The summed E-state index contributed by atoms with van der Waals surface area (Å²) in [4.78, 5) is 14.8. The maximum atomic E-state index is 12.7. The van der Waals surface area contributed by atoms with E-state index in [4.69, 9.17) is 9.47 Å². The van der Waals surface area contributed by atoms with E-state index >= 15 is 0 Å². The number of amides is 1. The average molecular weight is 316 g/mol. The molecule has 2 fully saturated rings. The van der Waals surface area contributed by atoms with Crippen molar-refractivity contribution in [2.45, 2.75) is 32.1 Å². The first-order valence-corrected chi connectivity index (χ1v) is 8.61. The van der Waals surface area contributed by atoms with E-state index in [2.05, 4.69) is 10.2 Å². The van der Waals surface area contributed by atoms with E-state index in [-0.39, 0.29) is 12.7 Å². The SMILES string of the molecule is O=C(Cc1ccc2c(c1)OCO2)N1CCCC2(CCNCC2)C1. The molecule has 0 unspecified atom stereocenters. The first-order valence-electron chi connectivity index (χ1n) is 8.61. The van der Waals surface area contributed by atoms with Gasteiger partial charge in [0.2, 0.25) is 12.7 Å². The molecule has 0 aliphatic carbocycles. The van der Waals surface area contributed by atoms with Crippen LogP contribution in [0.5, 0.6) is 11.5 Å². The smallest absolute Gasteiger partial charge is 0.231 e. The van der Waals surface area contributed by atoms with Gasteiger partial charge >= 0.3 is 0 Å². The Hall–Kier alpha value is -1.75. The second-order valence-corrected chi connectivity index (χ2v) is 7.03. The van der Waals surface area contributed by atoms with Crippen molar-refractivity contribution in [3.05, 3.63) is 23.8 Å². The number of carbonyl (C=O) groups is 1. The highest BCUT2D eigenvalue weighted by atomic mass is 16.7. The van der Waals surface area contributed by atoms with E-state index in [1.165, 1.54) is 19.3 Å². The van der Waals surface area contributed by atoms with Gasteiger partial charge in [0.05, 0.1) is 6.42 Å². The molecule has 1 N–H and O–H groups in total. The number of nitrogens with one attached hydrogen (secondary N) is 1. The van der Waals surface area contributed by atoms with Gasteiger partial charge in [-0.3, -0.25) is 4.79 Å². The Morgan fingerprint density at radius 1 is 1.17 bits per heavy atom. The molecule has 23 heavy (non-hydrogen) atoms. The van der Waals surface area contributed by atoms with Crippen LogP contribution in [0, 0.1) is 5.41 Å². The van der Waals surface area contributed by atoms with E-state index in [0.717, 1.165) is 49.7 Å². The van der Waals surface area contributed by atoms with E-state index in [0.29, 0.717) is 11.8 Å². The molecule has 2 saturated heterocycles. The van der Waals surface area contributed by atoms with Crippen LogP contribution in [0.15, 0.2) is 18.2 Å². The van der Waals surface area contributed by atoms with Gasteiger partial charge in [-0.15, -0.1) is 0 Å². The van der Waals surface area contributed by atoms with E-state index in [9.17, 15) is 4.79 Å². The Balaban J connectivity index is 1.42. The van der Waals surface area contributed by atoms with Gasteiger partial charge in [0.1, 0.15) is 0 Å². The van der Waals surface area contributed by atoms with Crippen molar-refractivity contribution >= 4 is 5.91 Å². The number of rotatable bonds is 2. The highest BCUT2D eigenvalue weighted by Crippen LogP contribution is 2.38. The lowest BCUT2D eigenvalue weighted by atomic mass is 9.73. The Kier molecular flexibility index (Phi) is 3.89. The van der Waals surface area contributed by atoms with Crippen molar-refractivity contribution in [1.82, 2.24) is 10.2 Å². The van der Waals surface area contributed by atoms with Gasteiger partial charge in [0.25, 0.3) is 0 Å². The maximum absolute atomic E-state index is 12.7. The fraction of sp³-hybridized carbons (Fsp3) is 0.611. The third-order valence-corrected chi connectivity index (χ3v) is 5.47. The van der Waals surface area contributed by atoms with Crippen LogP contribution < -0.4 is 14.8 Å².